The zero-order chi connectivity index (χ0) is 14.1. The molecule has 1 aromatic carbocycles. The van der Waals surface area contributed by atoms with Gasteiger partial charge in [-0.3, -0.25) is 4.79 Å². The molecule has 0 aliphatic heterocycles. The van der Waals surface area contributed by atoms with Crippen LogP contribution in [0.3, 0.4) is 0 Å². The second kappa shape index (κ2) is 8.70. The van der Waals surface area contributed by atoms with Gasteiger partial charge < -0.3 is 10.1 Å². The van der Waals surface area contributed by atoms with Crippen molar-refractivity contribution >= 4 is 5.91 Å². The third-order valence-corrected chi connectivity index (χ3v) is 2.42. The second-order valence-electron chi connectivity index (χ2n) is 4.15. The summed E-state index contributed by atoms with van der Waals surface area (Å²) in [7, 11) is 1.62. The van der Waals surface area contributed by atoms with Crippen LogP contribution in [-0.2, 0) is 4.74 Å². The van der Waals surface area contributed by atoms with Crippen LogP contribution in [0, 0.1) is 13.8 Å². The van der Waals surface area contributed by atoms with Crippen molar-refractivity contribution < 1.29 is 9.53 Å². The van der Waals surface area contributed by atoms with Crippen molar-refractivity contribution in [2.75, 3.05) is 13.7 Å². The van der Waals surface area contributed by atoms with Gasteiger partial charge in [-0.05, 0) is 32.4 Å². The summed E-state index contributed by atoms with van der Waals surface area (Å²) < 4.78 is 4.98. The van der Waals surface area contributed by atoms with E-state index < -0.39 is 0 Å². The number of carbonyl (C=O) groups is 1. The Labute approximate surface area is 111 Å². The first-order valence-corrected chi connectivity index (χ1v) is 6.41. The molecule has 1 unspecified atom stereocenters. The van der Waals surface area contributed by atoms with Crippen LogP contribution in [0.1, 0.15) is 42.3 Å². The van der Waals surface area contributed by atoms with E-state index in [0.717, 1.165) is 11.1 Å². The second-order valence-corrected chi connectivity index (χ2v) is 4.15. The van der Waals surface area contributed by atoms with Crippen LogP contribution in [0.4, 0.5) is 0 Å². The third-order valence-electron chi connectivity index (χ3n) is 2.42. The lowest BCUT2D eigenvalue weighted by Crippen LogP contribution is -2.35. The first kappa shape index (κ1) is 16.6. The van der Waals surface area contributed by atoms with Crippen molar-refractivity contribution in [3.8, 4) is 0 Å². The minimum absolute atomic E-state index is 0.0261. The molecule has 18 heavy (non-hydrogen) atoms. The van der Waals surface area contributed by atoms with Gasteiger partial charge in [0.05, 0.1) is 6.61 Å². The number of hydrogen-bond donors (Lipinski definition) is 1. The summed E-state index contributed by atoms with van der Waals surface area (Å²) in [6, 6.07) is 5.84. The van der Waals surface area contributed by atoms with Gasteiger partial charge in [0.25, 0.3) is 5.91 Å². The fraction of sp³-hybridized carbons (Fsp3) is 0.533. The van der Waals surface area contributed by atoms with E-state index in [-0.39, 0.29) is 11.9 Å². The van der Waals surface area contributed by atoms with Gasteiger partial charge in [0.2, 0.25) is 0 Å². The number of ether oxygens (including phenoxy) is 1. The Morgan fingerprint density at radius 2 is 1.94 bits per heavy atom. The molecule has 1 N–H and O–H groups in total. The van der Waals surface area contributed by atoms with Gasteiger partial charge in [-0.2, -0.15) is 0 Å². The molecule has 0 bridgehead atoms. The average Bonchev–Trinajstić information content (AvgIpc) is 2.31. The molecule has 0 saturated carbocycles. The molecule has 1 rings (SSSR count). The van der Waals surface area contributed by atoms with Crippen LogP contribution in [0.5, 0.6) is 0 Å². The van der Waals surface area contributed by atoms with E-state index in [0.29, 0.717) is 6.61 Å². The maximum Gasteiger partial charge on any atom is 0.251 e. The first-order valence-electron chi connectivity index (χ1n) is 6.41. The van der Waals surface area contributed by atoms with Crippen LogP contribution in [-0.4, -0.2) is 25.7 Å². The quantitative estimate of drug-likeness (QED) is 0.893. The fourth-order valence-electron chi connectivity index (χ4n) is 1.66. The molecule has 0 aromatic heterocycles. The maximum atomic E-state index is 11.9. The minimum Gasteiger partial charge on any atom is -0.383 e. The normalized spacial score (nSPS) is 11.2. The number of benzene rings is 1. The molecule has 3 nitrogen and oxygen atoms in total. The zero-order valence-electron chi connectivity index (χ0n) is 12.3. The molecule has 0 heterocycles. The highest BCUT2D eigenvalue weighted by Crippen LogP contribution is 2.10. The number of carbonyl (C=O) groups excluding carboxylic acids is 1. The standard InChI is InChI=1S/C13H19NO2.C2H6/c1-9-5-6-12(10(2)7-9)13(15)14-11(3)8-16-4;1-2/h5-7,11H,8H2,1-4H3,(H,14,15);1-2H3. The molecule has 0 aliphatic rings. The van der Waals surface area contributed by atoms with Gasteiger partial charge in [0.1, 0.15) is 0 Å². The molecule has 1 aromatic rings. The number of methoxy groups -OCH3 is 1. The molecular weight excluding hydrogens is 226 g/mol. The summed E-state index contributed by atoms with van der Waals surface area (Å²) >= 11 is 0. The molecule has 0 radical (unpaired) electrons. The Morgan fingerprint density at radius 3 is 2.44 bits per heavy atom. The number of hydrogen-bond acceptors (Lipinski definition) is 2. The van der Waals surface area contributed by atoms with Gasteiger partial charge in [0.15, 0.2) is 0 Å². The average molecular weight is 251 g/mol. The SMILES string of the molecule is CC.COCC(C)NC(=O)c1ccc(C)cc1C. The van der Waals surface area contributed by atoms with E-state index in [1.54, 1.807) is 7.11 Å². The van der Waals surface area contributed by atoms with Crippen LogP contribution in [0.25, 0.3) is 0 Å². The van der Waals surface area contributed by atoms with Crippen LogP contribution in [0.2, 0.25) is 0 Å². The first-order chi connectivity index (χ1) is 8.54. The number of rotatable bonds is 4. The van der Waals surface area contributed by atoms with E-state index in [1.165, 1.54) is 5.56 Å². The Bertz CT molecular complexity index is 375. The van der Waals surface area contributed by atoms with E-state index in [4.69, 9.17) is 4.74 Å². The molecule has 3 heteroatoms. The van der Waals surface area contributed by atoms with E-state index >= 15 is 0 Å². The van der Waals surface area contributed by atoms with Crippen molar-refractivity contribution in [2.24, 2.45) is 0 Å². The van der Waals surface area contributed by atoms with Gasteiger partial charge in [-0.25, -0.2) is 0 Å². The highest BCUT2D eigenvalue weighted by atomic mass is 16.5. The highest BCUT2D eigenvalue weighted by molar-refractivity contribution is 5.95. The fourth-order valence-corrected chi connectivity index (χ4v) is 1.66. The van der Waals surface area contributed by atoms with E-state index in [2.05, 4.69) is 5.32 Å². The molecule has 0 fully saturated rings. The molecule has 0 spiro atoms. The largest absolute Gasteiger partial charge is 0.383 e. The topological polar surface area (TPSA) is 38.3 Å². The Kier molecular flexibility index (Phi) is 8.05. The van der Waals surface area contributed by atoms with Crippen molar-refractivity contribution in [3.05, 3.63) is 34.9 Å². The van der Waals surface area contributed by atoms with E-state index in [9.17, 15) is 4.79 Å². The summed E-state index contributed by atoms with van der Waals surface area (Å²) in [5.74, 6) is -0.0398. The van der Waals surface area contributed by atoms with Gasteiger partial charge in [0, 0.05) is 18.7 Å². The van der Waals surface area contributed by atoms with Crippen LogP contribution >= 0.6 is 0 Å². The molecule has 0 saturated heterocycles. The predicted molar refractivity (Wildman–Crippen MR) is 76.1 cm³/mol. The summed E-state index contributed by atoms with van der Waals surface area (Å²) in [4.78, 5) is 11.9. The third kappa shape index (κ3) is 5.32. The summed E-state index contributed by atoms with van der Waals surface area (Å²) in [5.41, 5.74) is 2.90. The highest BCUT2D eigenvalue weighted by Gasteiger charge is 2.11. The predicted octanol–water partition coefficient (Wildman–Crippen LogP) is 3.09. The lowest BCUT2D eigenvalue weighted by atomic mass is 10.1. The molecular formula is C15H25NO2. The Balaban J connectivity index is 0.00000137. The number of amides is 1. The van der Waals surface area contributed by atoms with Crippen molar-refractivity contribution in [3.63, 3.8) is 0 Å². The lowest BCUT2D eigenvalue weighted by molar-refractivity contribution is 0.0905. The van der Waals surface area contributed by atoms with Crippen LogP contribution < -0.4 is 5.32 Å². The Morgan fingerprint density at radius 1 is 1.33 bits per heavy atom. The lowest BCUT2D eigenvalue weighted by Gasteiger charge is -2.14. The molecule has 102 valence electrons. The van der Waals surface area contributed by atoms with Crippen molar-refractivity contribution in [1.29, 1.82) is 0 Å². The molecule has 0 aliphatic carbocycles. The van der Waals surface area contributed by atoms with Crippen LogP contribution in [0.15, 0.2) is 18.2 Å². The van der Waals surface area contributed by atoms with Gasteiger partial charge in [-0.1, -0.05) is 31.5 Å². The summed E-state index contributed by atoms with van der Waals surface area (Å²) in [6.07, 6.45) is 0. The zero-order valence-corrected chi connectivity index (χ0v) is 12.3. The smallest absolute Gasteiger partial charge is 0.251 e. The summed E-state index contributed by atoms with van der Waals surface area (Å²) in [5, 5.41) is 2.89. The number of aryl methyl sites for hydroxylation is 2. The van der Waals surface area contributed by atoms with Gasteiger partial charge >= 0.3 is 0 Å². The monoisotopic (exact) mass is 251 g/mol. The van der Waals surface area contributed by atoms with Crippen molar-refractivity contribution in [1.82, 2.24) is 5.32 Å². The number of nitrogens with one attached hydrogen (secondary N) is 1. The molecule has 1 amide bonds. The minimum atomic E-state index is -0.0398. The van der Waals surface area contributed by atoms with Gasteiger partial charge in [-0.15, -0.1) is 0 Å². The van der Waals surface area contributed by atoms with E-state index in [1.807, 2.05) is 52.8 Å². The Hall–Kier alpha value is -1.35. The summed E-state index contributed by atoms with van der Waals surface area (Å²) in [6.45, 7) is 10.4. The molecule has 1 atom stereocenters. The maximum absolute atomic E-state index is 11.9. The van der Waals surface area contributed by atoms with Crippen molar-refractivity contribution in [2.45, 2.75) is 40.7 Å².